The molecule has 0 saturated heterocycles. The topological polar surface area (TPSA) is 98.7 Å². The maximum atomic E-state index is 13.2. The summed E-state index contributed by atoms with van der Waals surface area (Å²) in [7, 11) is 1.58. The number of benzene rings is 2. The van der Waals surface area contributed by atoms with E-state index in [-0.39, 0.29) is 17.2 Å². The standard InChI is InChI=1S/C23H20N4O4S/c1-15-7-10-18(31-15)13-24-26-21(28)14-32-23-25-20-6-4-3-5-19(20)22(29)27(23)16-8-11-17(30-2)12-9-16/h3-13H,14H2,1-2H3,(H,26,28)/b24-13-. The van der Waals surface area contributed by atoms with Crippen molar-refractivity contribution in [2.45, 2.75) is 12.1 Å². The van der Waals surface area contributed by atoms with Crippen molar-refractivity contribution in [1.82, 2.24) is 15.0 Å². The van der Waals surface area contributed by atoms with Crippen LogP contribution >= 0.6 is 11.8 Å². The molecule has 0 atom stereocenters. The fraction of sp³-hybridized carbons (Fsp3) is 0.130. The molecule has 0 fully saturated rings. The first-order chi connectivity index (χ1) is 15.5. The second kappa shape index (κ2) is 9.52. The lowest BCUT2D eigenvalue weighted by molar-refractivity contribution is -0.118. The Balaban J connectivity index is 1.58. The van der Waals surface area contributed by atoms with E-state index >= 15 is 0 Å². The van der Waals surface area contributed by atoms with Crippen LogP contribution in [0.3, 0.4) is 0 Å². The van der Waals surface area contributed by atoms with Gasteiger partial charge < -0.3 is 9.15 Å². The van der Waals surface area contributed by atoms with Crippen molar-refractivity contribution in [2.75, 3.05) is 12.9 Å². The molecule has 32 heavy (non-hydrogen) atoms. The highest BCUT2D eigenvalue weighted by atomic mass is 32.2. The quantitative estimate of drug-likeness (QED) is 0.201. The average molecular weight is 449 g/mol. The molecule has 0 saturated carbocycles. The van der Waals surface area contributed by atoms with Crippen LogP contribution in [0.1, 0.15) is 11.5 Å². The molecule has 0 spiro atoms. The van der Waals surface area contributed by atoms with E-state index in [1.807, 2.05) is 19.1 Å². The van der Waals surface area contributed by atoms with Gasteiger partial charge in [0.1, 0.15) is 17.3 Å². The molecule has 162 valence electrons. The van der Waals surface area contributed by atoms with Gasteiger partial charge in [-0.1, -0.05) is 23.9 Å². The highest BCUT2D eigenvalue weighted by Gasteiger charge is 2.15. The normalized spacial score (nSPS) is 11.2. The van der Waals surface area contributed by atoms with Gasteiger partial charge in [-0.25, -0.2) is 10.4 Å². The van der Waals surface area contributed by atoms with Gasteiger partial charge in [0.2, 0.25) is 0 Å². The van der Waals surface area contributed by atoms with Gasteiger partial charge in [0.05, 0.1) is 35.7 Å². The minimum atomic E-state index is -0.335. The van der Waals surface area contributed by atoms with Crippen molar-refractivity contribution in [3.8, 4) is 11.4 Å². The van der Waals surface area contributed by atoms with Gasteiger partial charge in [0.15, 0.2) is 5.16 Å². The Morgan fingerprint density at radius 1 is 1.19 bits per heavy atom. The van der Waals surface area contributed by atoms with Crippen molar-refractivity contribution in [3.63, 3.8) is 0 Å². The Hall–Kier alpha value is -3.85. The molecular weight excluding hydrogens is 428 g/mol. The first-order valence-corrected chi connectivity index (χ1v) is 10.7. The molecule has 1 N–H and O–H groups in total. The average Bonchev–Trinajstić information content (AvgIpc) is 3.23. The van der Waals surface area contributed by atoms with Crippen LogP contribution in [0.15, 0.2) is 80.1 Å². The number of aryl methyl sites for hydroxylation is 1. The summed E-state index contributed by atoms with van der Waals surface area (Å²) >= 11 is 1.15. The van der Waals surface area contributed by atoms with E-state index in [1.54, 1.807) is 55.6 Å². The molecule has 0 radical (unpaired) electrons. The van der Waals surface area contributed by atoms with Crippen LogP contribution in [0.25, 0.3) is 16.6 Å². The minimum Gasteiger partial charge on any atom is -0.497 e. The first-order valence-electron chi connectivity index (χ1n) is 9.72. The zero-order chi connectivity index (χ0) is 22.5. The maximum absolute atomic E-state index is 13.2. The molecule has 0 bridgehead atoms. The lowest BCUT2D eigenvalue weighted by Crippen LogP contribution is -2.24. The Labute approximate surface area is 187 Å². The summed E-state index contributed by atoms with van der Waals surface area (Å²) in [6, 6.07) is 17.8. The number of hydrogen-bond acceptors (Lipinski definition) is 7. The fourth-order valence-corrected chi connectivity index (χ4v) is 3.83. The van der Waals surface area contributed by atoms with Crippen molar-refractivity contribution < 1.29 is 13.9 Å². The van der Waals surface area contributed by atoms with Crippen molar-refractivity contribution in [1.29, 1.82) is 0 Å². The van der Waals surface area contributed by atoms with Crippen molar-refractivity contribution in [2.24, 2.45) is 5.10 Å². The number of carbonyl (C=O) groups is 1. The second-order valence-corrected chi connectivity index (χ2v) is 7.72. The molecule has 4 aromatic rings. The lowest BCUT2D eigenvalue weighted by atomic mass is 10.2. The Kier molecular flexibility index (Phi) is 6.37. The molecule has 0 aliphatic rings. The van der Waals surface area contributed by atoms with Crippen LogP contribution in [0.4, 0.5) is 0 Å². The molecule has 4 rings (SSSR count). The van der Waals surface area contributed by atoms with E-state index in [0.717, 1.165) is 17.5 Å². The number of fused-ring (bicyclic) bond motifs is 1. The third kappa shape index (κ3) is 4.73. The summed E-state index contributed by atoms with van der Waals surface area (Å²) in [4.78, 5) is 30.1. The van der Waals surface area contributed by atoms with Crippen LogP contribution < -0.4 is 15.7 Å². The highest BCUT2D eigenvalue weighted by molar-refractivity contribution is 7.99. The lowest BCUT2D eigenvalue weighted by Gasteiger charge is -2.13. The summed E-state index contributed by atoms with van der Waals surface area (Å²) in [5.41, 5.74) is 3.44. The van der Waals surface area contributed by atoms with Gasteiger partial charge in [0.25, 0.3) is 11.5 Å². The summed E-state index contributed by atoms with van der Waals surface area (Å²) in [5.74, 6) is 1.66. The molecule has 0 aliphatic heterocycles. The van der Waals surface area contributed by atoms with Crippen molar-refractivity contribution >= 4 is 34.8 Å². The predicted octanol–water partition coefficient (Wildman–Crippen LogP) is 3.54. The number of furan rings is 1. The highest BCUT2D eigenvalue weighted by Crippen LogP contribution is 2.22. The Morgan fingerprint density at radius 2 is 1.97 bits per heavy atom. The second-order valence-electron chi connectivity index (χ2n) is 6.78. The van der Waals surface area contributed by atoms with Crippen LogP contribution in [-0.2, 0) is 4.79 Å². The number of hydrogen-bond donors (Lipinski definition) is 1. The van der Waals surface area contributed by atoms with Gasteiger partial charge in [0, 0.05) is 0 Å². The molecule has 2 aromatic carbocycles. The maximum Gasteiger partial charge on any atom is 0.266 e. The van der Waals surface area contributed by atoms with E-state index in [0.29, 0.717) is 33.3 Å². The first kappa shape index (κ1) is 21.4. The van der Waals surface area contributed by atoms with Gasteiger partial charge in [-0.15, -0.1) is 0 Å². The SMILES string of the molecule is COc1ccc(-n2c(SCC(=O)N/N=C\c3ccc(C)o3)nc3ccccc3c2=O)cc1. The van der Waals surface area contributed by atoms with Crippen LogP contribution in [0.5, 0.6) is 5.75 Å². The van der Waals surface area contributed by atoms with E-state index in [1.165, 1.54) is 10.8 Å². The molecule has 2 heterocycles. The number of carbonyl (C=O) groups excluding carboxylic acids is 1. The summed E-state index contributed by atoms with van der Waals surface area (Å²) in [6.45, 7) is 1.82. The molecule has 1 amide bonds. The molecule has 2 aromatic heterocycles. The number of ether oxygens (including phenoxy) is 1. The molecule has 9 heteroatoms. The number of hydrazone groups is 1. The number of amides is 1. The van der Waals surface area contributed by atoms with Crippen LogP contribution in [0.2, 0.25) is 0 Å². The van der Waals surface area contributed by atoms with E-state index in [2.05, 4.69) is 15.5 Å². The summed E-state index contributed by atoms with van der Waals surface area (Å²) < 4.78 is 12.1. The van der Waals surface area contributed by atoms with E-state index in [4.69, 9.17) is 9.15 Å². The third-order valence-corrected chi connectivity index (χ3v) is 5.49. The summed E-state index contributed by atoms with van der Waals surface area (Å²) in [5, 5.41) is 4.80. The fourth-order valence-electron chi connectivity index (χ4n) is 3.02. The van der Waals surface area contributed by atoms with Gasteiger partial charge in [-0.05, 0) is 55.5 Å². The van der Waals surface area contributed by atoms with E-state index < -0.39 is 0 Å². The predicted molar refractivity (Wildman–Crippen MR) is 124 cm³/mol. The number of para-hydroxylation sites is 1. The molecule has 0 aliphatic carbocycles. The van der Waals surface area contributed by atoms with Gasteiger partial charge in [-0.2, -0.15) is 5.10 Å². The number of nitrogens with zero attached hydrogens (tertiary/aromatic N) is 3. The number of rotatable bonds is 7. The Morgan fingerprint density at radius 3 is 2.69 bits per heavy atom. The zero-order valence-corrected chi connectivity index (χ0v) is 18.3. The minimum absolute atomic E-state index is 0.0233. The molecular formula is C23H20N4O4S. The monoisotopic (exact) mass is 448 g/mol. The molecule has 0 unspecified atom stereocenters. The zero-order valence-electron chi connectivity index (χ0n) is 17.4. The van der Waals surface area contributed by atoms with Crippen molar-refractivity contribution in [3.05, 3.63) is 82.5 Å². The number of aromatic nitrogens is 2. The molecule has 8 nitrogen and oxygen atoms in total. The Bertz CT molecular complexity index is 1340. The van der Waals surface area contributed by atoms with Gasteiger partial charge >= 0.3 is 0 Å². The smallest absolute Gasteiger partial charge is 0.266 e. The number of methoxy groups -OCH3 is 1. The van der Waals surface area contributed by atoms with Crippen LogP contribution in [0, 0.1) is 6.92 Å². The third-order valence-electron chi connectivity index (χ3n) is 4.55. The van der Waals surface area contributed by atoms with E-state index in [9.17, 15) is 9.59 Å². The summed E-state index contributed by atoms with van der Waals surface area (Å²) in [6.07, 6.45) is 1.43. The van der Waals surface area contributed by atoms with Crippen LogP contribution in [-0.4, -0.2) is 34.5 Å². The number of nitrogens with one attached hydrogen (secondary N) is 1. The van der Waals surface area contributed by atoms with Gasteiger partial charge in [-0.3, -0.25) is 14.2 Å². The largest absolute Gasteiger partial charge is 0.497 e. The number of thioether (sulfide) groups is 1.